The molecule has 0 fully saturated rings. The molecule has 0 spiro atoms. The number of carbonyl (C=O) groups is 1. The van der Waals surface area contributed by atoms with Crippen LogP contribution >= 0.6 is 15.9 Å². The maximum atomic E-state index is 12.0. The molecule has 0 N–H and O–H groups in total. The molecule has 0 amide bonds. The molecule has 2 aromatic rings. The molecule has 1 aromatic carbocycles. The first-order chi connectivity index (χ1) is 7.50. The van der Waals surface area contributed by atoms with Gasteiger partial charge in [0.05, 0.1) is 11.1 Å². The summed E-state index contributed by atoms with van der Waals surface area (Å²) in [6.07, 6.45) is 1.58. The van der Waals surface area contributed by atoms with Crippen LogP contribution in [0, 0.1) is 0 Å². The number of pyridine rings is 1. The Hall–Kier alpha value is -1.42. The quantitative estimate of drug-likeness (QED) is 0.753. The Kier molecular flexibility index (Phi) is 2.68. The number of aromatic nitrogens is 1. The highest BCUT2D eigenvalue weighted by Gasteiger charge is 2.10. The zero-order valence-electron chi connectivity index (χ0n) is 8.95. The average molecular weight is 280 g/mol. The summed E-state index contributed by atoms with van der Waals surface area (Å²) >= 11 is 3.36. The molecular formula is C12H10BrNO2. The minimum atomic E-state index is -0.203. The normalized spacial score (nSPS) is 10.7. The first-order valence-electron chi connectivity index (χ1n) is 4.80. The number of halogens is 1. The van der Waals surface area contributed by atoms with E-state index >= 15 is 0 Å². The van der Waals surface area contributed by atoms with Gasteiger partial charge in [0.1, 0.15) is 0 Å². The lowest BCUT2D eigenvalue weighted by molar-refractivity contribution is 0.101. The molecule has 2 rings (SSSR count). The minimum absolute atomic E-state index is 0.201. The summed E-state index contributed by atoms with van der Waals surface area (Å²) in [6, 6.07) is 5.39. The van der Waals surface area contributed by atoms with E-state index in [1.165, 1.54) is 6.92 Å². The minimum Gasteiger partial charge on any atom is -0.350 e. The highest BCUT2D eigenvalue weighted by Crippen LogP contribution is 2.17. The lowest BCUT2D eigenvalue weighted by Gasteiger charge is -2.07. The molecule has 4 heteroatoms. The van der Waals surface area contributed by atoms with Crippen LogP contribution in [0.5, 0.6) is 0 Å². The van der Waals surface area contributed by atoms with Crippen molar-refractivity contribution in [1.29, 1.82) is 0 Å². The predicted molar refractivity (Wildman–Crippen MR) is 66.9 cm³/mol. The van der Waals surface area contributed by atoms with Crippen molar-refractivity contribution in [2.45, 2.75) is 6.92 Å². The molecule has 3 nitrogen and oxygen atoms in total. The summed E-state index contributed by atoms with van der Waals surface area (Å²) in [7, 11) is 1.82. The third-order valence-electron chi connectivity index (χ3n) is 2.53. The topological polar surface area (TPSA) is 39.1 Å². The van der Waals surface area contributed by atoms with Gasteiger partial charge in [0.2, 0.25) is 0 Å². The van der Waals surface area contributed by atoms with Gasteiger partial charge in [0, 0.05) is 23.1 Å². The Morgan fingerprint density at radius 2 is 2.06 bits per heavy atom. The summed E-state index contributed by atoms with van der Waals surface area (Å²) < 4.78 is 2.70. The molecule has 0 saturated heterocycles. The average Bonchev–Trinajstić information content (AvgIpc) is 2.22. The number of Topliss-reactive ketones (excluding diaryl/α,β-unsaturated/α-hetero) is 1. The van der Waals surface area contributed by atoms with E-state index in [9.17, 15) is 9.59 Å². The fourth-order valence-electron chi connectivity index (χ4n) is 1.71. The lowest BCUT2D eigenvalue weighted by atomic mass is 10.1. The summed E-state index contributed by atoms with van der Waals surface area (Å²) in [6.45, 7) is 1.40. The second-order valence-corrected chi connectivity index (χ2v) is 4.62. The van der Waals surface area contributed by atoms with Crippen molar-refractivity contribution in [1.82, 2.24) is 4.57 Å². The van der Waals surface area contributed by atoms with E-state index in [2.05, 4.69) is 15.9 Å². The fourth-order valence-corrected chi connectivity index (χ4v) is 2.06. The van der Waals surface area contributed by atoms with Crippen molar-refractivity contribution in [3.63, 3.8) is 0 Å². The van der Waals surface area contributed by atoms with Crippen molar-refractivity contribution >= 4 is 32.6 Å². The predicted octanol–water partition coefficient (Wildman–Crippen LogP) is 2.50. The smallest absolute Gasteiger partial charge is 0.200 e. The standard InChI is InChI=1S/C12H10BrNO2/c1-7(15)10-6-14(2)11-5-8(13)3-4-9(11)12(10)16/h3-6H,1-2H3. The molecule has 0 aliphatic heterocycles. The van der Waals surface area contributed by atoms with E-state index in [4.69, 9.17) is 0 Å². The number of fused-ring (bicyclic) bond motifs is 1. The maximum absolute atomic E-state index is 12.0. The van der Waals surface area contributed by atoms with Gasteiger partial charge in [0.25, 0.3) is 0 Å². The highest BCUT2D eigenvalue weighted by molar-refractivity contribution is 9.10. The Morgan fingerprint density at radius 3 is 2.69 bits per heavy atom. The van der Waals surface area contributed by atoms with Crippen molar-refractivity contribution in [2.24, 2.45) is 7.05 Å². The van der Waals surface area contributed by atoms with Gasteiger partial charge in [0.15, 0.2) is 11.2 Å². The number of hydrogen-bond donors (Lipinski definition) is 0. The van der Waals surface area contributed by atoms with E-state index < -0.39 is 0 Å². The molecule has 0 radical (unpaired) electrons. The van der Waals surface area contributed by atoms with Crippen LogP contribution in [-0.2, 0) is 7.05 Å². The molecule has 1 heterocycles. The molecule has 1 aromatic heterocycles. The Bertz CT molecular complexity index is 643. The van der Waals surface area contributed by atoms with Crippen LogP contribution < -0.4 is 5.43 Å². The zero-order chi connectivity index (χ0) is 11.9. The molecule has 16 heavy (non-hydrogen) atoms. The van der Waals surface area contributed by atoms with Crippen LogP contribution in [0.1, 0.15) is 17.3 Å². The number of hydrogen-bond acceptors (Lipinski definition) is 2. The number of ketones is 1. The van der Waals surface area contributed by atoms with Crippen molar-refractivity contribution < 1.29 is 4.79 Å². The number of benzene rings is 1. The van der Waals surface area contributed by atoms with Gasteiger partial charge < -0.3 is 4.57 Å². The lowest BCUT2D eigenvalue weighted by Crippen LogP contribution is -2.16. The molecule has 0 unspecified atom stereocenters. The van der Waals surface area contributed by atoms with Crippen molar-refractivity contribution in [2.75, 3.05) is 0 Å². The number of carbonyl (C=O) groups excluding carboxylic acids is 1. The van der Waals surface area contributed by atoms with Crippen LogP contribution in [0.4, 0.5) is 0 Å². The SMILES string of the molecule is CC(=O)c1cn(C)c2cc(Br)ccc2c1=O. The Balaban J connectivity index is 2.96. The van der Waals surface area contributed by atoms with Crippen LogP contribution in [0.2, 0.25) is 0 Å². The van der Waals surface area contributed by atoms with Crippen molar-refractivity contribution in [3.05, 3.63) is 44.7 Å². The van der Waals surface area contributed by atoms with Crippen LogP contribution in [0.15, 0.2) is 33.7 Å². The summed E-state index contributed by atoms with van der Waals surface area (Å²) in [5, 5.41) is 0.568. The number of rotatable bonds is 1. The zero-order valence-corrected chi connectivity index (χ0v) is 10.5. The van der Waals surface area contributed by atoms with Crippen LogP contribution in [0.25, 0.3) is 10.9 Å². The fraction of sp³-hybridized carbons (Fsp3) is 0.167. The van der Waals surface area contributed by atoms with Gasteiger partial charge in [-0.3, -0.25) is 9.59 Å². The highest BCUT2D eigenvalue weighted by atomic mass is 79.9. The Labute approximate surface area is 101 Å². The maximum Gasteiger partial charge on any atom is 0.200 e. The first kappa shape index (κ1) is 11.1. The van der Waals surface area contributed by atoms with Gasteiger partial charge in [-0.05, 0) is 25.1 Å². The van der Waals surface area contributed by atoms with E-state index in [0.717, 1.165) is 9.99 Å². The summed E-state index contributed by atoms with van der Waals surface area (Å²) in [5.74, 6) is -0.203. The molecule has 0 atom stereocenters. The second kappa shape index (κ2) is 3.87. The van der Waals surface area contributed by atoms with E-state index in [0.29, 0.717) is 5.39 Å². The van der Waals surface area contributed by atoms with Gasteiger partial charge >= 0.3 is 0 Å². The second-order valence-electron chi connectivity index (χ2n) is 3.70. The Morgan fingerprint density at radius 1 is 1.38 bits per heavy atom. The van der Waals surface area contributed by atoms with E-state index in [1.54, 1.807) is 22.9 Å². The first-order valence-corrected chi connectivity index (χ1v) is 5.60. The van der Waals surface area contributed by atoms with Crippen LogP contribution in [0.3, 0.4) is 0 Å². The summed E-state index contributed by atoms with van der Waals surface area (Å²) in [4.78, 5) is 23.3. The molecule has 0 aliphatic rings. The molecule has 0 saturated carbocycles. The van der Waals surface area contributed by atoms with Gasteiger partial charge in [-0.15, -0.1) is 0 Å². The van der Waals surface area contributed by atoms with E-state index in [-0.39, 0.29) is 16.8 Å². The van der Waals surface area contributed by atoms with E-state index in [1.807, 2.05) is 13.1 Å². The van der Waals surface area contributed by atoms with Gasteiger partial charge in [-0.1, -0.05) is 15.9 Å². The third-order valence-corrected chi connectivity index (χ3v) is 3.02. The van der Waals surface area contributed by atoms with Gasteiger partial charge in [-0.25, -0.2) is 0 Å². The molecule has 82 valence electrons. The number of nitrogens with zero attached hydrogens (tertiary/aromatic N) is 1. The number of aryl methyl sites for hydroxylation is 1. The molecule has 0 aliphatic carbocycles. The van der Waals surface area contributed by atoms with Crippen molar-refractivity contribution in [3.8, 4) is 0 Å². The molecule has 0 bridgehead atoms. The molecular weight excluding hydrogens is 270 g/mol. The van der Waals surface area contributed by atoms with Crippen LogP contribution in [-0.4, -0.2) is 10.4 Å². The van der Waals surface area contributed by atoms with Gasteiger partial charge in [-0.2, -0.15) is 0 Å². The summed E-state index contributed by atoms with van der Waals surface area (Å²) in [5.41, 5.74) is 0.842. The largest absolute Gasteiger partial charge is 0.350 e. The third kappa shape index (κ3) is 1.69. The monoisotopic (exact) mass is 279 g/mol.